The molecule has 0 N–H and O–H groups in total. The number of ketones is 1. The first-order valence-electron chi connectivity index (χ1n) is 8.90. The molecule has 0 aromatic heterocycles. The number of fused-ring (bicyclic) bond motifs is 2. The molecule has 8 heteroatoms. The molecule has 0 aliphatic carbocycles. The summed E-state index contributed by atoms with van der Waals surface area (Å²) in [5.74, 6) is -1.46. The summed E-state index contributed by atoms with van der Waals surface area (Å²) in [5, 5.41) is 0. The molecule has 0 atom stereocenters. The lowest BCUT2D eigenvalue weighted by Crippen LogP contribution is -2.43. The molecule has 2 aliphatic heterocycles. The molecule has 0 fully saturated rings. The highest BCUT2D eigenvalue weighted by Gasteiger charge is 2.37. The minimum Gasteiger partial charge on any atom is -0.294 e. The molecule has 2 heterocycles. The van der Waals surface area contributed by atoms with Crippen molar-refractivity contribution in [1.82, 2.24) is 4.90 Å². The van der Waals surface area contributed by atoms with Crippen molar-refractivity contribution in [2.24, 2.45) is 0 Å². The monoisotopic (exact) mass is 398 g/mol. The SMILES string of the molecule is Cc1cccc2c1N(S(=O)(=O)CCN1C(=O)c3ccccc3C1=O)CCC2=O. The van der Waals surface area contributed by atoms with Crippen molar-refractivity contribution in [3.05, 3.63) is 64.7 Å². The van der Waals surface area contributed by atoms with Gasteiger partial charge in [-0.05, 0) is 30.7 Å². The summed E-state index contributed by atoms with van der Waals surface area (Å²) in [6, 6.07) is 11.5. The van der Waals surface area contributed by atoms with Gasteiger partial charge >= 0.3 is 0 Å². The molecule has 28 heavy (non-hydrogen) atoms. The topological polar surface area (TPSA) is 91.8 Å². The molecule has 0 saturated heterocycles. The number of aryl methyl sites for hydroxylation is 1. The second-order valence-electron chi connectivity index (χ2n) is 6.84. The first-order chi connectivity index (χ1) is 13.3. The Morgan fingerprint density at radius 3 is 2.14 bits per heavy atom. The van der Waals surface area contributed by atoms with Crippen LogP contribution in [0.2, 0.25) is 0 Å². The summed E-state index contributed by atoms with van der Waals surface area (Å²) in [6.07, 6.45) is 0.0999. The predicted octanol–water partition coefficient (Wildman–Crippen LogP) is 2.01. The van der Waals surface area contributed by atoms with E-state index in [0.29, 0.717) is 16.8 Å². The third kappa shape index (κ3) is 2.80. The lowest BCUT2D eigenvalue weighted by Gasteiger charge is -2.31. The zero-order chi connectivity index (χ0) is 20.1. The van der Waals surface area contributed by atoms with Gasteiger partial charge in [0.1, 0.15) is 0 Å². The standard InChI is InChI=1S/C20H18N2O5S/c1-13-5-4-8-16-17(23)9-10-22(18(13)16)28(26,27)12-11-21-19(24)14-6-2-3-7-15(14)20(21)25/h2-8H,9-12H2,1H3. The Morgan fingerprint density at radius 2 is 1.50 bits per heavy atom. The average molecular weight is 398 g/mol. The molecule has 7 nitrogen and oxygen atoms in total. The van der Waals surface area contributed by atoms with Crippen molar-refractivity contribution in [3.63, 3.8) is 0 Å². The number of benzene rings is 2. The molecule has 0 spiro atoms. The summed E-state index contributed by atoms with van der Waals surface area (Å²) in [6.45, 7) is 1.57. The fraction of sp³-hybridized carbons (Fsp3) is 0.250. The highest BCUT2D eigenvalue weighted by atomic mass is 32.2. The number of carbonyl (C=O) groups is 3. The van der Waals surface area contributed by atoms with Crippen LogP contribution in [0.25, 0.3) is 0 Å². The van der Waals surface area contributed by atoms with Crippen LogP contribution in [0.5, 0.6) is 0 Å². The lowest BCUT2D eigenvalue weighted by atomic mass is 9.99. The third-order valence-corrected chi connectivity index (χ3v) is 6.85. The summed E-state index contributed by atoms with van der Waals surface area (Å²) in [5.41, 5.74) is 2.04. The zero-order valence-electron chi connectivity index (χ0n) is 15.2. The van der Waals surface area contributed by atoms with Gasteiger partial charge in [0.2, 0.25) is 10.0 Å². The predicted molar refractivity (Wildman–Crippen MR) is 103 cm³/mol. The van der Waals surface area contributed by atoms with Gasteiger partial charge in [-0.3, -0.25) is 23.6 Å². The number of Topliss-reactive ketones (excluding diaryl/α,β-unsaturated/α-hetero) is 1. The summed E-state index contributed by atoms with van der Waals surface area (Å²) >= 11 is 0. The number of hydrogen-bond acceptors (Lipinski definition) is 5. The van der Waals surface area contributed by atoms with Crippen LogP contribution in [0, 0.1) is 6.92 Å². The molecule has 0 saturated carbocycles. The van der Waals surface area contributed by atoms with Gasteiger partial charge in [-0.15, -0.1) is 0 Å². The summed E-state index contributed by atoms with van der Waals surface area (Å²) in [4.78, 5) is 38.0. The Hall–Kier alpha value is -3.00. The van der Waals surface area contributed by atoms with Gasteiger partial charge in [0.05, 0.1) is 22.6 Å². The van der Waals surface area contributed by atoms with E-state index in [1.807, 2.05) is 0 Å². The van der Waals surface area contributed by atoms with Gasteiger partial charge < -0.3 is 0 Å². The molecule has 0 unspecified atom stereocenters. The van der Waals surface area contributed by atoms with Crippen molar-refractivity contribution in [2.45, 2.75) is 13.3 Å². The minimum absolute atomic E-state index is 0.0567. The van der Waals surface area contributed by atoms with E-state index in [1.165, 1.54) is 4.31 Å². The number of anilines is 1. The Bertz CT molecular complexity index is 1090. The second kappa shape index (κ2) is 6.56. The van der Waals surface area contributed by atoms with E-state index in [-0.39, 0.29) is 36.4 Å². The van der Waals surface area contributed by atoms with Gasteiger partial charge in [0.15, 0.2) is 5.78 Å². The van der Waals surface area contributed by atoms with E-state index >= 15 is 0 Å². The molecule has 2 amide bonds. The fourth-order valence-electron chi connectivity index (χ4n) is 3.70. The van der Waals surface area contributed by atoms with Crippen LogP contribution in [0.15, 0.2) is 42.5 Å². The normalized spacial score (nSPS) is 16.4. The molecule has 2 aromatic carbocycles. The quantitative estimate of drug-likeness (QED) is 0.735. The second-order valence-corrected chi connectivity index (χ2v) is 8.85. The van der Waals surface area contributed by atoms with Crippen LogP contribution < -0.4 is 4.31 Å². The maximum absolute atomic E-state index is 13.0. The summed E-state index contributed by atoms with van der Waals surface area (Å²) in [7, 11) is -3.83. The number of imide groups is 1. The van der Waals surface area contributed by atoms with Crippen LogP contribution in [0.3, 0.4) is 0 Å². The molecule has 2 aliphatic rings. The number of hydrogen-bond donors (Lipinski definition) is 0. The van der Waals surface area contributed by atoms with Gasteiger partial charge in [-0.1, -0.05) is 24.3 Å². The molecule has 144 valence electrons. The van der Waals surface area contributed by atoms with Gasteiger partial charge in [-0.25, -0.2) is 8.42 Å². The van der Waals surface area contributed by atoms with Crippen molar-refractivity contribution < 1.29 is 22.8 Å². The van der Waals surface area contributed by atoms with Crippen LogP contribution in [-0.2, 0) is 10.0 Å². The molecular formula is C20H18N2O5S. The van der Waals surface area contributed by atoms with Crippen molar-refractivity contribution in [2.75, 3.05) is 23.1 Å². The molecule has 4 rings (SSSR count). The number of carbonyl (C=O) groups excluding carboxylic acids is 3. The van der Waals surface area contributed by atoms with Crippen LogP contribution in [-0.4, -0.2) is 49.8 Å². The van der Waals surface area contributed by atoms with E-state index in [0.717, 1.165) is 4.90 Å². The maximum Gasteiger partial charge on any atom is 0.261 e. The fourth-order valence-corrected chi connectivity index (χ4v) is 5.23. The smallest absolute Gasteiger partial charge is 0.261 e. The number of sulfonamides is 1. The molecule has 0 bridgehead atoms. The van der Waals surface area contributed by atoms with Gasteiger partial charge in [0, 0.05) is 25.1 Å². The first-order valence-corrected chi connectivity index (χ1v) is 10.5. The number of rotatable bonds is 4. The largest absolute Gasteiger partial charge is 0.294 e. The van der Waals surface area contributed by atoms with E-state index in [2.05, 4.69) is 0 Å². The van der Waals surface area contributed by atoms with Crippen LogP contribution in [0.1, 0.15) is 43.1 Å². The van der Waals surface area contributed by atoms with Crippen molar-refractivity contribution in [1.29, 1.82) is 0 Å². The van der Waals surface area contributed by atoms with Gasteiger partial charge in [0.25, 0.3) is 11.8 Å². The highest BCUT2D eigenvalue weighted by molar-refractivity contribution is 7.92. The van der Waals surface area contributed by atoms with Gasteiger partial charge in [-0.2, -0.15) is 0 Å². The number of nitrogens with zero attached hydrogens (tertiary/aromatic N) is 2. The minimum atomic E-state index is -3.83. The zero-order valence-corrected chi connectivity index (χ0v) is 16.0. The number of amides is 2. The average Bonchev–Trinajstić information content (AvgIpc) is 2.92. The Morgan fingerprint density at radius 1 is 0.893 bits per heavy atom. The molecular weight excluding hydrogens is 380 g/mol. The Labute approximate surface area is 162 Å². The summed E-state index contributed by atoms with van der Waals surface area (Å²) < 4.78 is 27.3. The Kier molecular flexibility index (Phi) is 4.30. The highest BCUT2D eigenvalue weighted by Crippen LogP contribution is 2.33. The van der Waals surface area contributed by atoms with Crippen molar-refractivity contribution >= 4 is 33.3 Å². The van der Waals surface area contributed by atoms with E-state index in [9.17, 15) is 22.8 Å². The maximum atomic E-state index is 13.0. The lowest BCUT2D eigenvalue weighted by molar-refractivity contribution is 0.0664. The number of para-hydroxylation sites is 1. The first kappa shape index (κ1) is 18.4. The van der Waals surface area contributed by atoms with Crippen molar-refractivity contribution in [3.8, 4) is 0 Å². The molecule has 0 radical (unpaired) electrons. The van der Waals surface area contributed by atoms with E-state index in [4.69, 9.17) is 0 Å². The van der Waals surface area contributed by atoms with E-state index in [1.54, 1.807) is 49.4 Å². The van der Waals surface area contributed by atoms with E-state index < -0.39 is 27.6 Å². The van der Waals surface area contributed by atoms with Crippen LogP contribution in [0.4, 0.5) is 5.69 Å². The molecule has 2 aromatic rings. The third-order valence-electron chi connectivity index (χ3n) is 5.12. The Balaban J connectivity index is 1.59. The van der Waals surface area contributed by atoms with Crippen LogP contribution >= 0.6 is 0 Å².